The summed E-state index contributed by atoms with van der Waals surface area (Å²) in [6.45, 7) is 7.01. The van der Waals surface area contributed by atoms with E-state index in [4.69, 9.17) is 10.5 Å². The second kappa shape index (κ2) is 8.59. The van der Waals surface area contributed by atoms with Gasteiger partial charge in [-0.3, -0.25) is 4.79 Å². The van der Waals surface area contributed by atoms with Crippen molar-refractivity contribution in [1.82, 2.24) is 5.32 Å². The fourth-order valence-corrected chi connectivity index (χ4v) is 1.83. The van der Waals surface area contributed by atoms with Crippen molar-refractivity contribution >= 4 is 5.91 Å². The molecule has 0 saturated heterocycles. The molecule has 0 aromatic heterocycles. The maximum absolute atomic E-state index is 11.7. The van der Waals surface area contributed by atoms with Crippen LogP contribution in [0.4, 0.5) is 0 Å². The third-order valence-corrected chi connectivity index (χ3v) is 3.16. The molecular formula is C16H26N2O2. The van der Waals surface area contributed by atoms with Crippen LogP contribution >= 0.6 is 0 Å². The molecule has 3 N–H and O–H groups in total. The molecule has 0 spiro atoms. The highest BCUT2D eigenvalue weighted by Crippen LogP contribution is 2.25. The van der Waals surface area contributed by atoms with Crippen molar-refractivity contribution in [2.75, 3.05) is 13.2 Å². The van der Waals surface area contributed by atoms with Crippen LogP contribution in [-0.4, -0.2) is 19.1 Å². The molecule has 0 bridgehead atoms. The third-order valence-electron chi connectivity index (χ3n) is 3.16. The Morgan fingerprint density at radius 3 is 2.70 bits per heavy atom. The van der Waals surface area contributed by atoms with E-state index in [0.717, 1.165) is 18.4 Å². The zero-order chi connectivity index (χ0) is 15.0. The monoisotopic (exact) mass is 278 g/mol. The van der Waals surface area contributed by atoms with Crippen LogP contribution in [0.3, 0.4) is 0 Å². The van der Waals surface area contributed by atoms with Crippen LogP contribution in [0.2, 0.25) is 0 Å². The van der Waals surface area contributed by atoms with E-state index in [0.29, 0.717) is 18.2 Å². The zero-order valence-corrected chi connectivity index (χ0v) is 12.7. The molecule has 112 valence electrons. The topological polar surface area (TPSA) is 64.3 Å². The molecule has 20 heavy (non-hydrogen) atoms. The van der Waals surface area contributed by atoms with Crippen molar-refractivity contribution in [3.63, 3.8) is 0 Å². The Labute approximate surface area is 121 Å². The van der Waals surface area contributed by atoms with Crippen LogP contribution in [0.25, 0.3) is 0 Å². The summed E-state index contributed by atoms with van der Waals surface area (Å²) in [6.07, 6.45) is 1.81. The zero-order valence-electron chi connectivity index (χ0n) is 12.7. The minimum atomic E-state index is -0.0921. The minimum absolute atomic E-state index is 0.0333. The number of hydrogen-bond acceptors (Lipinski definition) is 3. The second-order valence-electron chi connectivity index (χ2n) is 5.37. The van der Waals surface area contributed by atoms with E-state index in [1.165, 1.54) is 0 Å². The maximum atomic E-state index is 11.7. The Bertz CT molecular complexity index is 419. The molecule has 1 rings (SSSR count). The molecule has 0 aliphatic rings. The molecule has 1 atom stereocenters. The van der Waals surface area contributed by atoms with E-state index in [1.807, 2.05) is 31.2 Å². The number of carbonyl (C=O) groups excluding carboxylic acids is 1. The number of carbonyl (C=O) groups is 1. The summed E-state index contributed by atoms with van der Waals surface area (Å²) in [5, 5.41) is 2.85. The van der Waals surface area contributed by atoms with Crippen molar-refractivity contribution in [3.05, 3.63) is 29.8 Å². The van der Waals surface area contributed by atoms with E-state index >= 15 is 0 Å². The molecule has 1 aromatic rings. The first-order valence-electron chi connectivity index (χ1n) is 7.28. The highest BCUT2D eigenvalue weighted by molar-refractivity contribution is 5.77. The lowest BCUT2D eigenvalue weighted by atomic mass is 10.0. The average Bonchev–Trinajstić information content (AvgIpc) is 2.44. The predicted molar refractivity (Wildman–Crippen MR) is 81.6 cm³/mol. The summed E-state index contributed by atoms with van der Waals surface area (Å²) in [6, 6.07) is 7.56. The van der Waals surface area contributed by atoms with Gasteiger partial charge in [-0.2, -0.15) is 0 Å². The second-order valence-corrected chi connectivity index (χ2v) is 5.37. The molecule has 0 unspecified atom stereocenters. The van der Waals surface area contributed by atoms with Gasteiger partial charge in [0.15, 0.2) is 6.61 Å². The van der Waals surface area contributed by atoms with Gasteiger partial charge < -0.3 is 15.8 Å². The van der Waals surface area contributed by atoms with E-state index in [1.54, 1.807) is 0 Å². The van der Waals surface area contributed by atoms with Gasteiger partial charge in [0.25, 0.3) is 5.91 Å². The molecular weight excluding hydrogens is 252 g/mol. The molecule has 0 aliphatic carbocycles. The number of ether oxygens (including phenoxy) is 1. The Morgan fingerprint density at radius 1 is 1.35 bits per heavy atom. The fourth-order valence-electron chi connectivity index (χ4n) is 1.83. The SMILES string of the molecule is CC[C@@H](N)c1ccccc1OCC(=O)NCCC(C)C. The van der Waals surface area contributed by atoms with Gasteiger partial charge in [-0.25, -0.2) is 0 Å². The van der Waals surface area contributed by atoms with Crippen molar-refractivity contribution in [1.29, 1.82) is 0 Å². The van der Waals surface area contributed by atoms with E-state index in [9.17, 15) is 4.79 Å². The van der Waals surface area contributed by atoms with Crippen molar-refractivity contribution in [2.24, 2.45) is 11.7 Å². The molecule has 0 aliphatic heterocycles. The van der Waals surface area contributed by atoms with Gasteiger partial charge >= 0.3 is 0 Å². The number of nitrogens with one attached hydrogen (secondary N) is 1. The van der Waals surface area contributed by atoms with Gasteiger partial charge in [0.2, 0.25) is 0 Å². The van der Waals surface area contributed by atoms with Gasteiger partial charge in [0.1, 0.15) is 5.75 Å². The molecule has 1 amide bonds. The summed E-state index contributed by atoms with van der Waals surface area (Å²) >= 11 is 0. The summed E-state index contributed by atoms with van der Waals surface area (Å²) < 4.78 is 5.59. The van der Waals surface area contributed by atoms with E-state index < -0.39 is 0 Å². The highest BCUT2D eigenvalue weighted by atomic mass is 16.5. The van der Waals surface area contributed by atoms with Gasteiger partial charge in [-0.05, 0) is 24.8 Å². The number of amides is 1. The number of hydrogen-bond donors (Lipinski definition) is 2. The number of para-hydroxylation sites is 1. The van der Waals surface area contributed by atoms with Crippen LogP contribution < -0.4 is 15.8 Å². The van der Waals surface area contributed by atoms with Crippen molar-refractivity contribution in [2.45, 2.75) is 39.7 Å². The first-order valence-corrected chi connectivity index (χ1v) is 7.28. The van der Waals surface area contributed by atoms with Gasteiger partial charge in [0.05, 0.1) is 0 Å². The normalized spacial score (nSPS) is 12.2. The van der Waals surface area contributed by atoms with Crippen molar-refractivity contribution in [3.8, 4) is 5.75 Å². The smallest absolute Gasteiger partial charge is 0.257 e. The molecule has 4 heteroatoms. The van der Waals surface area contributed by atoms with Crippen LogP contribution in [0.15, 0.2) is 24.3 Å². The number of nitrogens with two attached hydrogens (primary N) is 1. The van der Waals surface area contributed by atoms with E-state index in [-0.39, 0.29) is 18.6 Å². The number of benzene rings is 1. The summed E-state index contributed by atoms with van der Waals surface area (Å²) in [5.41, 5.74) is 6.98. The van der Waals surface area contributed by atoms with Gasteiger partial charge in [-0.15, -0.1) is 0 Å². The van der Waals surface area contributed by atoms with Crippen LogP contribution in [0.1, 0.15) is 45.2 Å². The predicted octanol–water partition coefficient (Wildman–Crippen LogP) is 2.64. The van der Waals surface area contributed by atoms with Crippen LogP contribution in [0, 0.1) is 5.92 Å². The maximum Gasteiger partial charge on any atom is 0.257 e. The molecule has 0 radical (unpaired) electrons. The third kappa shape index (κ3) is 5.61. The number of rotatable bonds is 8. The summed E-state index contributed by atoms with van der Waals surface area (Å²) in [7, 11) is 0. The largest absolute Gasteiger partial charge is 0.483 e. The standard InChI is InChI=1S/C16H26N2O2/c1-4-14(17)13-7-5-6-8-15(13)20-11-16(19)18-10-9-12(2)3/h5-8,12,14H,4,9-11,17H2,1-3H3,(H,18,19)/t14-/m1/s1. The molecule has 0 heterocycles. The quantitative estimate of drug-likeness (QED) is 0.768. The molecule has 0 fully saturated rings. The van der Waals surface area contributed by atoms with Gasteiger partial charge in [0, 0.05) is 18.2 Å². The summed E-state index contributed by atoms with van der Waals surface area (Å²) in [5.74, 6) is 1.19. The summed E-state index contributed by atoms with van der Waals surface area (Å²) in [4.78, 5) is 11.7. The fraction of sp³-hybridized carbons (Fsp3) is 0.562. The average molecular weight is 278 g/mol. The van der Waals surface area contributed by atoms with E-state index in [2.05, 4.69) is 19.2 Å². The Kier molecular flexibility index (Phi) is 7.09. The lowest BCUT2D eigenvalue weighted by Crippen LogP contribution is -2.30. The van der Waals surface area contributed by atoms with Gasteiger partial charge in [-0.1, -0.05) is 39.0 Å². The minimum Gasteiger partial charge on any atom is -0.483 e. The Balaban J connectivity index is 2.47. The Hall–Kier alpha value is -1.55. The van der Waals surface area contributed by atoms with Crippen LogP contribution in [0.5, 0.6) is 5.75 Å². The molecule has 0 saturated carbocycles. The first-order chi connectivity index (χ1) is 9.54. The highest BCUT2D eigenvalue weighted by Gasteiger charge is 2.11. The molecule has 4 nitrogen and oxygen atoms in total. The van der Waals surface area contributed by atoms with Crippen molar-refractivity contribution < 1.29 is 9.53 Å². The lowest BCUT2D eigenvalue weighted by molar-refractivity contribution is -0.123. The lowest BCUT2D eigenvalue weighted by Gasteiger charge is -2.15. The molecule has 1 aromatic carbocycles. The first kappa shape index (κ1) is 16.5. The van der Waals surface area contributed by atoms with Crippen LogP contribution in [-0.2, 0) is 4.79 Å². The Morgan fingerprint density at radius 2 is 2.05 bits per heavy atom.